The molecule has 0 aromatic carbocycles. The van der Waals surface area contributed by atoms with E-state index in [1.54, 1.807) is 12.1 Å². The first-order valence-corrected chi connectivity index (χ1v) is 8.36. The van der Waals surface area contributed by atoms with Crippen molar-refractivity contribution in [2.45, 2.75) is 44.6 Å². The SMILES string of the molecule is O=C(NC1CCCC12CCOCC2)c1cccc(OCC(F)F)n1. The van der Waals surface area contributed by atoms with Crippen molar-refractivity contribution in [1.82, 2.24) is 10.3 Å². The molecule has 132 valence electrons. The number of alkyl halides is 2. The van der Waals surface area contributed by atoms with Gasteiger partial charge in [-0.2, -0.15) is 0 Å². The molecule has 1 aromatic heterocycles. The number of hydrogen-bond donors (Lipinski definition) is 1. The van der Waals surface area contributed by atoms with Crippen molar-refractivity contribution in [2.75, 3.05) is 19.8 Å². The van der Waals surface area contributed by atoms with Crippen molar-refractivity contribution in [3.8, 4) is 5.88 Å². The number of nitrogens with one attached hydrogen (secondary N) is 1. The zero-order valence-corrected chi connectivity index (χ0v) is 13.5. The first kappa shape index (κ1) is 17.1. The summed E-state index contributed by atoms with van der Waals surface area (Å²) in [6.07, 6.45) is 2.50. The maximum absolute atomic E-state index is 12.5. The lowest BCUT2D eigenvalue weighted by Crippen LogP contribution is -2.47. The summed E-state index contributed by atoms with van der Waals surface area (Å²) in [5.41, 5.74) is 0.313. The summed E-state index contributed by atoms with van der Waals surface area (Å²) >= 11 is 0. The zero-order valence-electron chi connectivity index (χ0n) is 13.5. The quantitative estimate of drug-likeness (QED) is 0.895. The van der Waals surface area contributed by atoms with Gasteiger partial charge in [-0.15, -0.1) is 0 Å². The topological polar surface area (TPSA) is 60.5 Å². The molecule has 1 saturated carbocycles. The van der Waals surface area contributed by atoms with E-state index in [4.69, 9.17) is 9.47 Å². The number of rotatable bonds is 5. The van der Waals surface area contributed by atoms with E-state index in [0.29, 0.717) is 0 Å². The van der Waals surface area contributed by atoms with Gasteiger partial charge in [0.15, 0.2) is 6.61 Å². The van der Waals surface area contributed by atoms with E-state index < -0.39 is 13.0 Å². The number of carbonyl (C=O) groups excluding carboxylic acids is 1. The van der Waals surface area contributed by atoms with Crippen LogP contribution in [-0.2, 0) is 4.74 Å². The molecule has 1 N–H and O–H groups in total. The molecule has 1 saturated heterocycles. The molecule has 2 heterocycles. The van der Waals surface area contributed by atoms with Gasteiger partial charge in [-0.3, -0.25) is 4.79 Å². The molecule has 1 atom stereocenters. The Kier molecular flexibility index (Phi) is 5.28. The lowest BCUT2D eigenvalue weighted by atomic mass is 9.75. The van der Waals surface area contributed by atoms with E-state index in [2.05, 4.69) is 10.3 Å². The van der Waals surface area contributed by atoms with Crippen molar-refractivity contribution in [1.29, 1.82) is 0 Å². The lowest BCUT2D eigenvalue weighted by molar-refractivity contribution is 0.00468. The van der Waals surface area contributed by atoms with Gasteiger partial charge in [-0.25, -0.2) is 13.8 Å². The van der Waals surface area contributed by atoms with Crippen LogP contribution in [0, 0.1) is 5.41 Å². The second-order valence-electron chi connectivity index (χ2n) is 6.46. The van der Waals surface area contributed by atoms with Crippen LogP contribution in [0.25, 0.3) is 0 Å². The maximum atomic E-state index is 12.5. The molecule has 1 aliphatic heterocycles. The molecule has 3 rings (SSSR count). The predicted octanol–water partition coefficient (Wildman–Crippen LogP) is 2.80. The monoisotopic (exact) mass is 340 g/mol. The Balaban J connectivity index is 1.65. The smallest absolute Gasteiger partial charge is 0.272 e. The van der Waals surface area contributed by atoms with Gasteiger partial charge in [0.25, 0.3) is 12.3 Å². The van der Waals surface area contributed by atoms with E-state index in [1.165, 1.54) is 6.07 Å². The molecular weight excluding hydrogens is 318 g/mol. The summed E-state index contributed by atoms with van der Waals surface area (Å²) in [4.78, 5) is 16.5. The summed E-state index contributed by atoms with van der Waals surface area (Å²) in [6, 6.07) is 4.73. The van der Waals surface area contributed by atoms with Gasteiger partial charge in [0, 0.05) is 25.3 Å². The Morgan fingerprint density at radius 3 is 2.92 bits per heavy atom. The highest BCUT2D eigenvalue weighted by molar-refractivity contribution is 5.92. The highest BCUT2D eigenvalue weighted by atomic mass is 19.3. The fourth-order valence-electron chi connectivity index (χ4n) is 3.74. The Labute approximate surface area is 139 Å². The number of ether oxygens (including phenoxy) is 2. The highest BCUT2D eigenvalue weighted by Crippen LogP contribution is 2.46. The fraction of sp³-hybridized carbons (Fsp3) is 0.647. The number of nitrogens with zero attached hydrogens (tertiary/aromatic N) is 1. The van der Waals surface area contributed by atoms with Crippen molar-refractivity contribution in [3.05, 3.63) is 23.9 Å². The number of carbonyl (C=O) groups is 1. The molecule has 1 amide bonds. The lowest BCUT2D eigenvalue weighted by Gasteiger charge is -2.39. The molecule has 2 aliphatic rings. The molecular formula is C17H22F2N2O3. The van der Waals surface area contributed by atoms with Crippen LogP contribution in [0.4, 0.5) is 8.78 Å². The second kappa shape index (κ2) is 7.42. The molecule has 0 radical (unpaired) electrons. The number of pyridine rings is 1. The van der Waals surface area contributed by atoms with Gasteiger partial charge in [-0.05, 0) is 37.2 Å². The molecule has 1 unspecified atom stereocenters. The van der Waals surface area contributed by atoms with Gasteiger partial charge in [0.2, 0.25) is 5.88 Å². The van der Waals surface area contributed by atoms with Crippen molar-refractivity contribution >= 4 is 5.91 Å². The van der Waals surface area contributed by atoms with Crippen LogP contribution in [0.3, 0.4) is 0 Å². The average molecular weight is 340 g/mol. The molecule has 1 aromatic rings. The summed E-state index contributed by atoms with van der Waals surface area (Å²) in [6.45, 7) is 0.743. The third-order valence-electron chi connectivity index (χ3n) is 5.01. The molecule has 2 fully saturated rings. The van der Waals surface area contributed by atoms with Crippen LogP contribution in [0.2, 0.25) is 0 Å². The van der Waals surface area contributed by atoms with Gasteiger partial charge >= 0.3 is 0 Å². The first-order valence-electron chi connectivity index (χ1n) is 8.36. The summed E-state index contributed by atoms with van der Waals surface area (Å²) in [5, 5.41) is 3.09. The second-order valence-corrected chi connectivity index (χ2v) is 6.46. The van der Waals surface area contributed by atoms with Crippen LogP contribution in [0.15, 0.2) is 18.2 Å². The third-order valence-corrected chi connectivity index (χ3v) is 5.01. The molecule has 0 bridgehead atoms. The molecule has 24 heavy (non-hydrogen) atoms. The Hall–Kier alpha value is -1.76. The minimum atomic E-state index is -2.57. The molecule has 1 spiro atoms. The van der Waals surface area contributed by atoms with Crippen molar-refractivity contribution < 1.29 is 23.0 Å². The standard InChI is InChI=1S/C17H22F2N2O3/c18-14(19)11-24-15-5-1-3-12(20-15)16(22)21-13-4-2-6-17(13)7-9-23-10-8-17/h1,3,5,13-14H,2,4,6-11H2,(H,21,22). The van der Waals surface area contributed by atoms with Crippen LogP contribution in [0.1, 0.15) is 42.6 Å². The van der Waals surface area contributed by atoms with Crippen molar-refractivity contribution in [2.24, 2.45) is 5.41 Å². The number of amides is 1. The molecule has 5 nitrogen and oxygen atoms in total. The van der Waals surface area contributed by atoms with Gasteiger partial charge < -0.3 is 14.8 Å². The zero-order chi connectivity index (χ0) is 17.0. The van der Waals surface area contributed by atoms with Gasteiger partial charge in [0.05, 0.1) is 0 Å². The van der Waals surface area contributed by atoms with Crippen LogP contribution < -0.4 is 10.1 Å². The van der Waals surface area contributed by atoms with E-state index in [1.807, 2.05) is 0 Å². The third kappa shape index (κ3) is 3.83. The molecule has 1 aliphatic carbocycles. The molecule has 7 heteroatoms. The highest BCUT2D eigenvalue weighted by Gasteiger charge is 2.44. The number of aromatic nitrogens is 1. The van der Waals surface area contributed by atoms with Gasteiger partial charge in [-0.1, -0.05) is 12.5 Å². The first-order chi connectivity index (χ1) is 11.6. The van der Waals surface area contributed by atoms with E-state index in [-0.39, 0.29) is 28.9 Å². The van der Waals surface area contributed by atoms with Gasteiger partial charge in [0.1, 0.15) is 5.69 Å². The summed E-state index contributed by atoms with van der Waals surface area (Å²) in [7, 11) is 0. The van der Waals surface area contributed by atoms with Crippen LogP contribution >= 0.6 is 0 Å². The summed E-state index contributed by atoms with van der Waals surface area (Å²) in [5.74, 6) is -0.245. The fourth-order valence-corrected chi connectivity index (χ4v) is 3.74. The van der Waals surface area contributed by atoms with E-state index in [9.17, 15) is 13.6 Å². The van der Waals surface area contributed by atoms with Crippen LogP contribution in [0.5, 0.6) is 5.88 Å². The summed E-state index contributed by atoms with van der Waals surface area (Å²) < 4.78 is 34.8. The number of halogens is 2. The normalized spacial score (nSPS) is 22.7. The predicted molar refractivity (Wildman–Crippen MR) is 83.3 cm³/mol. The Morgan fingerprint density at radius 2 is 2.17 bits per heavy atom. The van der Waals surface area contributed by atoms with E-state index >= 15 is 0 Å². The minimum Gasteiger partial charge on any atom is -0.472 e. The Morgan fingerprint density at radius 1 is 1.38 bits per heavy atom. The maximum Gasteiger partial charge on any atom is 0.272 e. The minimum absolute atomic E-state index is 0.0372. The van der Waals surface area contributed by atoms with Crippen molar-refractivity contribution in [3.63, 3.8) is 0 Å². The average Bonchev–Trinajstić information content (AvgIpc) is 2.95. The van der Waals surface area contributed by atoms with Crippen LogP contribution in [-0.4, -0.2) is 43.2 Å². The largest absolute Gasteiger partial charge is 0.472 e. The number of hydrogen-bond acceptors (Lipinski definition) is 4. The van der Waals surface area contributed by atoms with E-state index in [0.717, 1.165) is 45.3 Å². The Bertz CT molecular complexity index is 577.